The molecular weight excluding hydrogens is 524 g/mol. The number of nitrogens with zero attached hydrogens (tertiary/aromatic N) is 2. The average Bonchev–Trinajstić information content (AvgIpc) is 2.96. The molecule has 0 bridgehead atoms. The highest BCUT2D eigenvalue weighted by atomic mass is 16.6. The van der Waals surface area contributed by atoms with Crippen LogP contribution in [0.15, 0.2) is 60.1 Å². The van der Waals surface area contributed by atoms with Gasteiger partial charge in [-0.1, -0.05) is 18.7 Å². The number of hydrogen-bond acceptors (Lipinski definition) is 10. The Balaban J connectivity index is 1.28. The summed E-state index contributed by atoms with van der Waals surface area (Å²) in [6.07, 6.45) is 5.17. The maximum absolute atomic E-state index is 12.4. The molecule has 1 aromatic carbocycles. The molecule has 216 valence electrons. The van der Waals surface area contributed by atoms with Gasteiger partial charge in [-0.25, -0.2) is 9.59 Å². The number of esters is 2. The summed E-state index contributed by atoms with van der Waals surface area (Å²) in [4.78, 5) is 48.2. The lowest BCUT2D eigenvalue weighted by Crippen LogP contribution is -2.41. The van der Waals surface area contributed by atoms with E-state index in [0.717, 1.165) is 11.5 Å². The van der Waals surface area contributed by atoms with Crippen LogP contribution in [0.4, 0.5) is 10.5 Å². The summed E-state index contributed by atoms with van der Waals surface area (Å²) in [6.45, 7) is 6.27. The Morgan fingerprint density at radius 3 is 2.12 bits per heavy atom. The maximum Gasteiger partial charge on any atom is 0.410 e. The molecule has 0 N–H and O–H groups in total. The molecule has 0 radical (unpaired) electrons. The number of hydrogen-bond donors (Lipinski definition) is 0. The summed E-state index contributed by atoms with van der Waals surface area (Å²) in [6, 6.07) is 6.09. The van der Waals surface area contributed by atoms with Crippen molar-refractivity contribution in [2.75, 3.05) is 39.5 Å². The summed E-state index contributed by atoms with van der Waals surface area (Å²) in [5, 5.41) is 11.1. The number of amides is 1. The fourth-order valence-corrected chi connectivity index (χ4v) is 4.04. The van der Waals surface area contributed by atoms with E-state index in [2.05, 4.69) is 6.58 Å². The zero-order valence-corrected chi connectivity index (χ0v) is 22.5. The largest absolute Gasteiger partial charge is 0.494 e. The molecule has 0 atom stereocenters. The highest BCUT2D eigenvalue weighted by molar-refractivity contribution is 5.86. The van der Waals surface area contributed by atoms with E-state index in [-0.39, 0.29) is 50.6 Å². The first kappa shape index (κ1) is 30.2. The first-order chi connectivity index (χ1) is 19.2. The van der Waals surface area contributed by atoms with E-state index < -0.39 is 17.0 Å². The van der Waals surface area contributed by atoms with Crippen molar-refractivity contribution in [1.29, 1.82) is 0 Å². The third-order valence-electron chi connectivity index (χ3n) is 6.27. The van der Waals surface area contributed by atoms with Gasteiger partial charge < -0.3 is 28.6 Å². The monoisotopic (exact) mass is 558 g/mol. The van der Waals surface area contributed by atoms with Crippen LogP contribution in [0.1, 0.15) is 38.2 Å². The first-order valence-corrected chi connectivity index (χ1v) is 13.0. The van der Waals surface area contributed by atoms with Crippen LogP contribution in [0.2, 0.25) is 0 Å². The van der Waals surface area contributed by atoms with Crippen molar-refractivity contribution in [1.82, 2.24) is 4.90 Å². The van der Waals surface area contributed by atoms with Crippen LogP contribution < -0.4 is 0 Å². The number of ether oxygens (including phenoxy) is 5. The minimum absolute atomic E-state index is 0.105. The van der Waals surface area contributed by atoms with Gasteiger partial charge in [0, 0.05) is 37.6 Å². The Hall–Kier alpha value is -4.35. The van der Waals surface area contributed by atoms with Crippen molar-refractivity contribution >= 4 is 23.7 Å². The Morgan fingerprint density at radius 1 is 0.950 bits per heavy atom. The van der Waals surface area contributed by atoms with Crippen LogP contribution in [0, 0.1) is 16.0 Å². The minimum atomic E-state index is -0.576. The molecular formula is C28H34N2O10. The van der Waals surface area contributed by atoms with E-state index in [1.165, 1.54) is 11.0 Å². The second-order valence-corrected chi connectivity index (χ2v) is 9.25. The van der Waals surface area contributed by atoms with Crippen LogP contribution in [0.3, 0.4) is 0 Å². The van der Waals surface area contributed by atoms with Gasteiger partial charge in [-0.2, -0.15) is 0 Å². The standard InChI is InChI=1S/C28H34N2O10/c1-20(2)26(31)38-17-15-36-23-7-9-24(10-8-23)37-16-18-39-27(32)21-11-13-29(14-12-21)28(33)40-19-22-5-3-4-6-25(22)30(34)35/h3-7,9,21H,1,8,10-19H2,2H3. The number of benzene rings is 1. The van der Waals surface area contributed by atoms with Crippen LogP contribution in [-0.2, 0) is 39.9 Å². The van der Waals surface area contributed by atoms with Gasteiger partial charge in [-0.05, 0) is 38.0 Å². The van der Waals surface area contributed by atoms with Gasteiger partial charge in [-0.15, -0.1) is 0 Å². The van der Waals surface area contributed by atoms with E-state index in [1.54, 1.807) is 37.3 Å². The third kappa shape index (κ3) is 9.44. The quantitative estimate of drug-likeness (QED) is 0.0863. The topological polar surface area (TPSA) is 144 Å². The van der Waals surface area contributed by atoms with Crippen LogP contribution >= 0.6 is 0 Å². The lowest BCUT2D eigenvalue weighted by Gasteiger charge is -2.30. The van der Waals surface area contributed by atoms with Crippen LogP contribution in [-0.4, -0.2) is 67.4 Å². The molecule has 0 unspecified atom stereocenters. The predicted octanol–water partition coefficient (Wildman–Crippen LogP) is 4.20. The molecule has 12 nitrogen and oxygen atoms in total. The smallest absolute Gasteiger partial charge is 0.410 e. The SMILES string of the molecule is C=C(C)C(=O)OCCOC1=CC=C(OCCOC(=O)C2CCN(C(=O)OCc3ccccc3[N+](=O)[O-])CC2)CC1. The molecule has 1 heterocycles. The fourth-order valence-electron chi connectivity index (χ4n) is 4.04. The Morgan fingerprint density at radius 2 is 1.55 bits per heavy atom. The second kappa shape index (κ2) is 15.3. The number of carbonyl (C=O) groups excluding carboxylic acids is 3. The van der Waals surface area contributed by atoms with Gasteiger partial charge in [0.25, 0.3) is 5.69 Å². The zero-order chi connectivity index (χ0) is 28.9. The molecule has 1 aliphatic heterocycles. The summed E-state index contributed by atoms with van der Waals surface area (Å²) >= 11 is 0. The molecule has 1 amide bonds. The minimum Gasteiger partial charge on any atom is -0.494 e. The molecule has 1 aliphatic carbocycles. The molecule has 0 aromatic heterocycles. The summed E-state index contributed by atoms with van der Waals surface area (Å²) in [7, 11) is 0. The van der Waals surface area contributed by atoms with Crippen molar-refractivity contribution in [2.45, 2.75) is 39.2 Å². The molecule has 0 spiro atoms. The van der Waals surface area contributed by atoms with Gasteiger partial charge >= 0.3 is 18.0 Å². The Labute approximate surface area is 232 Å². The zero-order valence-electron chi connectivity index (χ0n) is 22.5. The van der Waals surface area contributed by atoms with Crippen molar-refractivity contribution in [3.8, 4) is 0 Å². The van der Waals surface area contributed by atoms with Crippen LogP contribution in [0.25, 0.3) is 0 Å². The normalized spacial score (nSPS) is 15.3. The molecule has 12 heteroatoms. The lowest BCUT2D eigenvalue weighted by atomic mass is 9.97. The molecule has 1 aromatic rings. The van der Waals surface area contributed by atoms with Crippen molar-refractivity contribution in [3.05, 3.63) is 75.8 Å². The van der Waals surface area contributed by atoms with E-state index in [4.69, 9.17) is 23.7 Å². The Kier molecular flexibility index (Phi) is 11.5. The van der Waals surface area contributed by atoms with Gasteiger partial charge in [-0.3, -0.25) is 14.9 Å². The van der Waals surface area contributed by atoms with Gasteiger partial charge in [0.2, 0.25) is 0 Å². The lowest BCUT2D eigenvalue weighted by molar-refractivity contribution is -0.385. The summed E-state index contributed by atoms with van der Waals surface area (Å²) in [5.74, 6) is 0.410. The highest BCUT2D eigenvalue weighted by Gasteiger charge is 2.29. The molecule has 1 fully saturated rings. The summed E-state index contributed by atoms with van der Waals surface area (Å²) in [5.41, 5.74) is 0.549. The van der Waals surface area contributed by atoms with Gasteiger partial charge in [0.15, 0.2) is 0 Å². The predicted molar refractivity (Wildman–Crippen MR) is 142 cm³/mol. The molecule has 2 aliphatic rings. The van der Waals surface area contributed by atoms with Gasteiger partial charge in [0.05, 0.1) is 27.9 Å². The van der Waals surface area contributed by atoms with Gasteiger partial charge in [0.1, 0.15) is 33.0 Å². The number of rotatable bonds is 13. The molecule has 0 saturated carbocycles. The number of likely N-dealkylation sites (tertiary alicyclic amines) is 1. The highest BCUT2D eigenvalue weighted by Crippen LogP contribution is 2.23. The van der Waals surface area contributed by atoms with Crippen LogP contribution in [0.5, 0.6) is 0 Å². The maximum atomic E-state index is 12.4. The molecule has 1 saturated heterocycles. The average molecular weight is 559 g/mol. The summed E-state index contributed by atoms with van der Waals surface area (Å²) < 4.78 is 26.8. The van der Waals surface area contributed by atoms with Crippen molar-refractivity contribution in [2.24, 2.45) is 5.92 Å². The first-order valence-electron chi connectivity index (χ1n) is 13.0. The van der Waals surface area contributed by atoms with E-state index in [1.807, 2.05) is 0 Å². The Bertz CT molecular complexity index is 1150. The molecule has 40 heavy (non-hydrogen) atoms. The third-order valence-corrected chi connectivity index (χ3v) is 6.27. The van der Waals surface area contributed by atoms with E-state index >= 15 is 0 Å². The number of para-hydroxylation sites is 1. The number of allylic oxidation sites excluding steroid dienone is 4. The van der Waals surface area contributed by atoms with Crippen molar-refractivity contribution in [3.63, 3.8) is 0 Å². The fraction of sp³-hybridized carbons (Fsp3) is 0.464. The van der Waals surface area contributed by atoms with E-state index in [0.29, 0.717) is 49.9 Å². The molecule has 3 rings (SSSR count). The number of piperidine rings is 1. The van der Waals surface area contributed by atoms with E-state index in [9.17, 15) is 24.5 Å². The number of carbonyl (C=O) groups is 3. The van der Waals surface area contributed by atoms with Crippen molar-refractivity contribution < 1.29 is 43.0 Å². The number of nitro benzene ring substituents is 1. The second-order valence-electron chi connectivity index (χ2n) is 9.25. The number of nitro groups is 1.